The number of hydrogen-bond donors (Lipinski definition) is 1. The molecule has 4 rings (SSSR count). The Morgan fingerprint density at radius 1 is 1.03 bits per heavy atom. The second-order valence-corrected chi connectivity index (χ2v) is 10.0. The highest BCUT2D eigenvalue weighted by atomic mass is 32.1. The van der Waals surface area contributed by atoms with Gasteiger partial charge in [0, 0.05) is 37.0 Å². The molecular weight excluding hydrogens is 418 g/mol. The molecule has 2 fully saturated rings. The van der Waals surface area contributed by atoms with E-state index in [0.717, 1.165) is 55.6 Å². The van der Waals surface area contributed by atoms with Crippen LogP contribution >= 0.6 is 11.3 Å². The largest absolute Gasteiger partial charge is 0.344 e. The maximum Gasteiger partial charge on any atom is 0.319 e. The summed E-state index contributed by atoms with van der Waals surface area (Å²) >= 11 is 1.68. The van der Waals surface area contributed by atoms with Crippen LogP contribution in [0.15, 0.2) is 41.8 Å². The summed E-state index contributed by atoms with van der Waals surface area (Å²) in [4.78, 5) is 30.9. The van der Waals surface area contributed by atoms with Gasteiger partial charge in [-0.1, -0.05) is 43.7 Å². The molecule has 5 nitrogen and oxygen atoms in total. The van der Waals surface area contributed by atoms with Crippen molar-refractivity contribution in [3.05, 3.63) is 57.8 Å². The Morgan fingerprint density at radius 3 is 2.34 bits per heavy atom. The van der Waals surface area contributed by atoms with Crippen LogP contribution in [0.3, 0.4) is 0 Å². The third-order valence-corrected chi connectivity index (χ3v) is 7.70. The Bertz CT molecular complexity index is 867. The highest BCUT2D eigenvalue weighted by Gasteiger charge is 2.31. The van der Waals surface area contributed by atoms with Crippen LogP contribution in [0.1, 0.15) is 67.5 Å². The Labute approximate surface area is 195 Å². The van der Waals surface area contributed by atoms with E-state index in [1.165, 1.54) is 18.4 Å². The predicted octanol–water partition coefficient (Wildman–Crippen LogP) is 5.22. The van der Waals surface area contributed by atoms with Gasteiger partial charge in [0.05, 0.1) is 6.04 Å². The van der Waals surface area contributed by atoms with E-state index in [-0.39, 0.29) is 23.9 Å². The lowest BCUT2D eigenvalue weighted by molar-refractivity contribution is -0.126. The third kappa shape index (κ3) is 5.52. The van der Waals surface area contributed by atoms with Crippen molar-refractivity contribution in [3.63, 3.8) is 0 Å². The molecule has 1 atom stereocenters. The van der Waals surface area contributed by atoms with Crippen LogP contribution < -0.4 is 5.32 Å². The monoisotopic (exact) mass is 453 g/mol. The maximum absolute atomic E-state index is 13.2. The van der Waals surface area contributed by atoms with Crippen molar-refractivity contribution in [2.45, 2.75) is 57.9 Å². The highest BCUT2D eigenvalue weighted by Crippen LogP contribution is 2.28. The summed E-state index contributed by atoms with van der Waals surface area (Å²) in [7, 11) is 0. The number of unbranched alkanes of at least 4 members (excludes halogenated alkanes) is 1. The van der Waals surface area contributed by atoms with Gasteiger partial charge in [-0.05, 0) is 61.1 Å². The molecule has 1 N–H and O–H groups in total. The van der Waals surface area contributed by atoms with E-state index >= 15 is 0 Å². The topological polar surface area (TPSA) is 52.7 Å². The van der Waals surface area contributed by atoms with Crippen molar-refractivity contribution in [1.29, 1.82) is 0 Å². The average Bonchev–Trinajstić information content (AvgIpc) is 3.56. The Hall–Kier alpha value is -2.34. The molecule has 6 heteroatoms. The van der Waals surface area contributed by atoms with Crippen LogP contribution in [-0.4, -0.2) is 47.9 Å². The molecule has 2 aliphatic heterocycles. The number of carbonyl (C=O) groups is 2. The Balaban J connectivity index is 1.37. The molecule has 2 saturated heterocycles. The lowest BCUT2D eigenvalue weighted by atomic mass is 9.94. The minimum absolute atomic E-state index is 0.0380. The molecule has 1 aromatic heterocycles. The molecule has 0 saturated carbocycles. The van der Waals surface area contributed by atoms with E-state index < -0.39 is 0 Å². The van der Waals surface area contributed by atoms with Crippen LogP contribution in [0.5, 0.6) is 0 Å². The van der Waals surface area contributed by atoms with E-state index in [1.807, 2.05) is 15.9 Å². The molecule has 0 unspecified atom stereocenters. The van der Waals surface area contributed by atoms with E-state index in [9.17, 15) is 9.59 Å². The first-order chi connectivity index (χ1) is 15.7. The number of aryl methyl sites for hydroxylation is 1. The summed E-state index contributed by atoms with van der Waals surface area (Å²) in [5.74, 6) is 0.0654. The van der Waals surface area contributed by atoms with Gasteiger partial charge in [0.25, 0.3) is 0 Å². The van der Waals surface area contributed by atoms with E-state index in [1.54, 1.807) is 11.3 Å². The van der Waals surface area contributed by atoms with E-state index in [0.29, 0.717) is 13.1 Å². The zero-order valence-corrected chi connectivity index (χ0v) is 19.9. The van der Waals surface area contributed by atoms with Crippen molar-refractivity contribution >= 4 is 23.3 Å². The van der Waals surface area contributed by atoms with Crippen LogP contribution in [0.2, 0.25) is 0 Å². The molecule has 3 heterocycles. The summed E-state index contributed by atoms with van der Waals surface area (Å²) in [6.45, 7) is 5.30. The molecule has 0 spiro atoms. The lowest BCUT2D eigenvalue weighted by Gasteiger charge is -2.34. The number of amides is 3. The Morgan fingerprint density at radius 2 is 1.72 bits per heavy atom. The molecule has 32 heavy (non-hydrogen) atoms. The van der Waals surface area contributed by atoms with Gasteiger partial charge >= 0.3 is 6.03 Å². The smallest absolute Gasteiger partial charge is 0.319 e. The molecule has 2 aromatic rings. The quantitative estimate of drug-likeness (QED) is 0.625. The molecule has 3 amide bonds. The highest BCUT2D eigenvalue weighted by molar-refractivity contribution is 7.10. The number of nitrogens with zero attached hydrogens (tertiary/aromatic N) is 2. The minimum Gasteiger partial charge on any atom is -0.344 e. The Kier molecular flexibility index (Phi) is 7.85. The average molecular weight is 454 g/mol. The number of likely N-dealkylation sites (tertiary alicyclic amines) is 2. The second kappa shape index (κ2) is 11.0. The number of carbonyl (C=O) groups excluding carboxylic acids is 2. The van der Waals surface area contributed by atoms with Gasteiger partial charge in [0.15, 0.2) is 0 Å². The van der Waals surface area contributed by atoms with Gasteiger partial charge < -0.3 is 15.1 Å². The molecule has 0 aliphatic carbocycles. The van der Waals surface area contributed by atoms with Crippen LogP contribution in [0, 0.1) is 5.92 Å². The molecule has 0 bridgehead atoms. The first-order valence-electron chi connectivity index (χ1n) is 12.1. The van der Waals surface area contributed by atoms with Crippen LogP contribution in [0.4, 0.5) is 4.79 Å². The maximum atomic E-state index is 13.2. The molecular formula is C26H35N3O2S. The summed E-state index contributed by atoms with van der Waals surface area (Å²) < 4.78 is 0. The fourth-order valence-corrected chi connectivity index (χ4v) is 5.54. The van der Waals surface area contributed by atoms with Crippen LogP contribution in [0.25, 0.3) is 0 Å². The summed E-state index contributed by atoms with van der Waals surface area (Å²) in [5.41, 5.74) is 2.48. The molecule has 2 aliphatic rings. The first kappa shape index (κ1) is 22.8. The number of urea groups is 1. The number of nitrogens with one attached hydrogen (secondary N) is 1. The minimum atomic E-state index is -0.119. The zero-order valence-electron chi connectivity index (χ0n) is 19.1. The second-order valence-electron chi connectivity index (χ2n) is 9.04. The van der Waals surface area contributed by atoms with Gasteiger partial charge in [-0.15, -0.1) is 11.3 Å². The fraction of sp³-hybridized carbons (Fsp3) is 0.538. The first-order valence-corrected chi connectivity index (χ1v) is 13.0. The number of hydrogen-bond acceptors (Lipinski definition) is 3. The van der Waals surface area contributed by atoms with Gasteiger partial charge in [-0.3, -0.25) is 4.79 Å². The number of benzene rings is 1. The van der Waals surface area contributed by atoms with Crippen molar-refractivity contribution < 1.29 is 9.59 Å². The van der Waals surface area contributed by atoms with Crippen molar-refractivity contribution in [2.24, 2.45) is 5.92 Å². The van der Waals surface area contributed by atoms with Gasteiger partial charge in [-0.2, -0.15) is 0 Å². The summed E-state index contributed by atoms with van der Waals surface area (Å²) in [6, 6.07) is 12.9. The summed E-state index contributed by atoms with van der Waals surface area (Å²) in [6.07, 6.45) is 7.17. The van der Waals surface area contributed by atoms with E-state index in [4.69, 9.17) is 0 Å². The van der Waals surface area contributed by atoms with Crippen molar-refractivity contribution in [2.75, 3.05) is 26.2 Å². The molecule has 172 valence electrons. The number of thiophene rings is 1. The number of piperidine rings is 1. The predicted molar refractivity (Wildman–Crippen MR) is 130 cm³/mol. The third-order valence-electron chi connectivity index (χ3n) is 6.76. The van der Waals surface area contributed by atoms with Gasteiger partial charge in [0.2, 0.25) is 5.91 Å². The molecule has 1 aromatic carbocycles. The van der Waals surface area contributed by atoms with E-state index in [2.05, 4.69) is 48.0 Å². The van der Waals surface area contributed by atoms with Crippen LogP contribution in [-0.2, 0) is 11.2 Å². The lowest BCUT2D eigenvalue weighted by Crippen LogP contribution is -2.48. The fourth-order valence-electron chi connectivity index (χ4n) is 4.73. The van der Waals surface area contributed by atoms with Gasteiger partial charge in [-0.25, -0.2) is 4.79 Å². The normalized spacial score (nSPS) is 18.0. The van der Waals surface area contributed by atoms with Crippen molar-refractivity contribution in [3.8, 4) is 0 Å². The zero-order chi connectivity index (χ0) is 22.3. The molecule has 0 radical (unpaired) electrons. The van der Waals surface area contributed by atoms with Gasteiger partial charge in [0.1, 0.15) is 0 Å². The SMILES string of the molecule is CCCCc1ccc([C@H](NC(=O)C2CCN(C(=O)N3CCCC3)CC2)c2cccs2)cc1. The van der Waals surface area contributed by atoms with Crippen molar-refractivity contribution in [1.82, 2.24) is 15.1 Å². The summed E-state index contributed by atoms with van der Waals surface area (Å²) in [5, 5.41) is 5.39. The standard InChI is InChI=1S/C26H35N3O2S/c1-2-3-7-20-9-11-21(12-10-20)24(23-8-6-19-32-23)27-25(30)22-13-17-29(18-14-22)26(31)28-15-4-5-16-28/h6,8-12,19,22,24H,2-5,7,13-18H2,1H3,(H,27,30)/t24-/m0/s1. The number of rotatable bonds is 7.